The van der Waals surface area contributed by atoms with Gasteiger partial charge < -0.3 is 19.9 Å². The Hall–Kier alpha value is -3.07. The Morgan fingerprint density at radius 3 is 2.44 bits per heavy atom. The van der Waals surface area contributed by atoms with Gasteiger partial charge in [-0.2, -0.15) is 0 Å². The molecule has 0 bridgehead atoms. The Labute approximate surface area is 189 Å². The van der Waals surface area contributed by atoms with E-state index in [0.29, 0.717) is 49.7 Å². The molecule has 10 heteroatoms. The Balaban J connectivity index is 1.47. The number of hydrogen-bond acceptors (Lipinski definition) is 6. The van der Waals surface area contributed by atoms with Crippen LogP contribution in [0.1, 0.15) is 12.8 Å². The number of methoxy groups -OCH3 is 1. The average Bonchev–Trinajstić information content (AvgIpc) is 2.78. The van der Waals surface area contributed by atoms with E-state index < -0.39 is 23.6 Å². The number of ether oxygens (including phenoxy) is 1. The van der Waals surface area contributed by atoms with Crippen LogP contribution in [0.2, 0.25) is 5.02 Å². The largest absolute Gasteiger partial charge is 0.495 e. The molecule has 2 aliphatic rings. The maximum Gasteiger partial charge on any atom is 0.249 e. The number of carbonyl (C=O) groups is 2. The van der Waals surface area contributed by atoms with Gasteiger partial charge in [0, 0.05) is 50.4 Å². The molecular weight excluding hydrogens is 442 g/mol. The van der Waals surface area contributed by atoms with Crippen molar-refractivity contribution in [2.24, 2.45) is 0 Å². The van der Waals surface area contributed by atoms with Crippen LogP contribution in [0.15, 0.2) is 30.3 Å². The monoisotopic (exact) mass is 464 g/mol. The van der Waals surface area contributed by atoms with Crippen molar-refractivity contribution in [3.05, 3.63) is 47.0 Å². The summed E-state index contributed by atoms with van der Waals surface area (Å²) in [5.41, 5.74) is 1.46. The predicted molar refractivity (Wildman–Crippen MR) is 119 cm³/mol. The van der Waals surface area contributed by atoms with E-state index in [1.165, 1.54) is 25.3 Å². The van der Waals surface area contributed by atoms with Crippen LogP contribution < -0.4 is 25.2 Å². The topological polar surface area (TPSA) is 73.9 Å². The molecular formula is C22H23ClF2N4O3. The lowest BCUT2D eigenvalue weighted by molar-refractivity contribution is -0.133. The van der Waals surface area contributed by atoms with Gasteiger partial charge >= 0.3 is 0 Å². The van der Waals surface area contributed by atoms with E-state index in [1.54, 1.807) is 12.1 Å². The molecule has 2 amide bonds. The first-order valence-electron chi connectivity index (χ1n) is 10.3. The minimum absolute atomic E-state index is 0.0764. The molecule has 2 heterocycles. The van der Waals surface area contributed by atoms with E-state index in [2.05, 4.69) is 10.6 Å². The minimum Gasteiger partial charge on any atom is -0.495 e. The summed E-state index contributed by atoms with van der Waals surface area (Å²) in [4.78, 5) is 27.3. The predicted octanol–water partition coefficient (Wildman–Crippen LogP) is 3.17. The number of halogens is 3. The first-order chi connectivity index (χ1) is 15.4. The zero-order valence-corrected chi connectivity index (χ0v) is 18.2. The van der Waals surface area contributed by atoms with Crippen molar-refractivity contribution in [2.75, 3.05) is 48.4 Å². The van der Waals surface area contributed by atoms with E-state index in [9.17, 15) is 14.0 Å². The number of carbonyl (C=O) groups excluding carboxylic acids is 2. The summed E-state index contributed by atoms with van der Waals surface area (Å²) in [5, 5.41) is 5.32. The molecule has 2 aliphatic heterocycles. The van der Waals surface area contributed by atoms with Gasteiger partial charge in [0.1, 0.15) is 23.4 Å². The molecule has 2 aromatic carbocycles. The van der Waals surface area contributed by atoms with Gasteiger partial charge in [-0.15, -0.1) is 0 Å². The molecule has 4 rings (SSSR count). The third kappa shape index (κ3) is 4.57. The van der Waals surface area contributed by atoms with Crippen molar-refractivity contribution >= 4 is 40.5 Å². The first kappa shape index (κ1) is 22.1. The highest BCUT2D eigenvalue weighted by Crippen LogP contribution is 2.34. The lowest BCUT2D eigenvalue weighted by Gasteiger charge is -2.37. The fraction of sp³-hybridized carbons (Fsp3) is 0.364. The molecule has 2 fully saturated rings. The number of imide groups is 1. The van der Waals surface area contributed by atoms with Gasteiger partial charge in [-0.3, -0.25) is 14.9 Å². The Morgan fingerprint density at radius 1 is 1.06 bits per heavy atom. The summed E-state index contributed by atoms with van der Waals surface area (Å²) < 4.78 is 34.2. The number of rotatable bonds is 5. The Morgan fingerprint density at radius 2 is 1.78 bits per heavy atom. The van der Waals surface area contributed by atoms with Gasteiger partial charge in [0.2, 0.25) is 11.8 Å². The van der Waals surface area contributed by atoms with Crippen molar-refractivity contribution in [3.8, 4) is 5.75 Å². The number of piperazine rings is 1. The van der Waals surface area contributed by atoms with E-state index in [4.69, 9.17) is 16.3 Å². The number of hydrogen-bond donors (Lipinski definition) is 2. The second-order valence-corrected chi connectivity index (χ2v) is 8.13. The quantitative estimate of drug-likeness (QED) is 0.662. The molecule has 0 radical (unpaired) electrons. The average molecular weight is 465 g/mol. The second-order valence-electron chi connectivity index (χ2n) is 7.72. The molecule has 2 aromatic rings. The van der Waals surface area contributed by atoms with Crippen LogP contribution in [0, 0.1) is 11.6 Å². The zero-order valence-electron chi connectivity index (χ0n) is 17.5. The van der Waals surface area contributed by atoms with Crippen molar-refractivity contribution in [2.45, 2.75) is 18.9 Å². The third-order valence-electron chi connectivity index (χ3n) is 5.73. The SMILES string of the molecule is COc1cc(N2CCN(c3ccc(Cl)c(F)c3)CC2)c(F)cc1NC1CCC(=O)NC1=O. The van der Waals surface area contributed by atoms with Crippen LogP contribution in [0.5, 0.6) is 5.75 Å². The molecule has 0 saturated carbocycles. The number of piperidine rings is 1. The maximum atomic E-state index is 15.0. The standard InChI is InChI=1S/C22H23ClF2N4O3/c1-32-20-12-19(16(25)11-18(20)26-17-4-5-21(30)27-22(17)31)29-8-6-28(7-9-29)13-2-3-14(23)15(24)10-13/h2-3,10-12,17,26H,4-9H2,1H3,(H,27,30,31). The van der Waals surface area contributed by atoms with Crippen molar-refractivity contribution in [1.82, 2.24) is 5.32 Å². The van der Waals surface area contributed by atoms with Gasteiger partial charge in [-0.25, -0.2) is 8.78 Å². The normalized spacial score (nSPS) is 19.1. The lowest BCUT2D eigenvalue weighted by Crippen LogP contribution is -2.47. The summed E-state index contributed by atoms with van der Waals surface area (Å²) in [6.07, 6.45) is 0.540. The number of nitrogens with zero attached hydrogens (tertiary/aromatic N) is 2. The van der Waals surface area contributed by atoms with E-state index in [1.807, 2.05) is 9.80 Å². The Kier molecular flexibility index (Phi) is 6.36. The molecule has 0 spiro atoms. The van der Waals surface area contributed by atoms with Crippen LogP contribution in [0.25, 0.3) is 0 Å². The van der Waals surface area contributed by atoms with Gasteiger partial charge in [-0.1, -0.05) is 11.6 Å². The molecule has 2 N–H and O–H groups in total. The zero-order chi connectivity index (χ0) is 22.8. The molecule has 32 heavy (non-hydrogen) atoms. The van der Waals surface area contributed by atoms with Crippen molar-refractivity contribution in [1.29, 1.82) is 0 Å². The van der Waals surface area contributed by atoms with Gasteiger partial charge in [-0.05, 0) is 24.6 Å². The molecule has 0 aliphatic carbocycles. The van der Waals surface area contributed by atoms with Gasteiger partial charge in [0.15, 0.2) is 0 Å². The maximum absolute atomic E-state index is 15.0. The van der Waals surface area contributed by atoms with Crippen molar-refractivity contribution in [3.63, 3.8) is 0 Å². The van der Waals surface area contributed by atoms with Crippen LogP contribution in [-0.2, 0) is 9.59 Å². The summed E-state index contributed by atoms with van der Waals surface area (Å²) in [5.74, 6) is -1.29. The van der Waals surface area contributed by atoms with Crippen LogP contribution in [0.4, 0.5) is 25.8 Å². The number of amides is 2. The number of nitrogens with one attached hydrogen (secondary N) is 2. The first-order valence-corrected chi connectivity index (χ1v) is 10.7. The highest BCUT2D eigenvalue weighted by molar-refractivity contribution is 6.30. The van der Waals surface area contributed by atoms with E-state index >= 15 is 4.39 Å². The third-order valence-corrected chi connectivity index (χ3v) is 6.03. The lowest BCUT2D eigenvalue weighted by atomic mass is 10.1. The van der Waals surface area contributed by atoms with Gasteiger partial charge in [0.05, 0.1) is 23.5 Å². The fourth-order valence-electron chi connectivity index (χ4n) is 3.97. The number of anilines is 3. The summed E-state index contributed by atoms with van der Waals surface area (Å²) >= 11 is 5.76. The van der Waals surface area contributed by atoms with E-state index in [-0.39, 0.29) is 17.4 Å². The summed E-state index contributed by atoms with van der Waals surface area (Å²) in [6.45, 7) is 2.23. The molecule has 7 nitrogen and oxygen atoms in total. The Bertz CT molecular complexity index is 1040. The molecule has 170 valence electrons. The van der Waals surface area contributed by atoms with E-state index in [0.717, 1.165) is 5.69 Å². The smallest absolute Gasteiger partial charge is 0.249 e. The number of benzene rings is 2. The minimum atomic E-state index is -0.643. The highest BCUT2D eigenvalue weighted by atomic mass is 35.5. The summed E-state index contributed by atoms with van der Waals surface area (Å²) in [7, 11) is 1.47. The fourth-order valence-corrected chi connectivity index (χ4v) is 4.09. The van der Waals surface area contributed by atoms with Crippen LogP contribution >= 0.6 is 11.6 Å². The summed E-state index contributed by atoms with van der Waals surface area (Å²) in [6, 6.07) is 6.95. The molecule has 0 aromatic heterocycles. The van der Waals surface area contributed by atoms with Gasteiger partial charge in [0.25, 0.3) is 0 Å². The molecule has 2 saturated heterocycles. The molecule has 1 unspecified atom stereocenters. The van der Waals surface area contributed by atoms with Crippen molar-refractivity contribution < 1.29 is 23.1 Å². The second kappa shape index (κ2) is 9.20. The molecule has 1 atom stereocenters. The van der Waals surface area contributed by atoms with Crippen LogP contribution in [0.3, 0.4) is 0 Å². The highest BCUT2D eigenvalue weighted by Gasteiger charge is 2.28. The van der Waals surface area contributed by atoms with Crippen LogP contribution in [-0.4, -0.2) is 51.1 Å².